The Morgan fingerprint density at radius 3 is 2.62 bits per heavy atom. The summed E-state index contributed by atoms with van der Waals surface area (Å²) in [6.45, 7) is 0. The second-order valence-corrected chi connectivity index (χ2v) is 3.30. The highest BCUT2D eigenvalue weighted by molar-refractivity contribution is 6.06. The SMILES string of the molecule is O=C1CC(OC(=O)c2cc[c]cc2)C(=O)N1. The number of hydrogen-bond acceptors (Lipinski definition) is 4. The molecule has 0 bridgehead atoms. The van der Waals surface area contributed by atoms with E-state index < -0.39 is 23.9 Å². The fourth-order valence-electron chi connectivity index (χ4n) is 1.35. The van der Waals surface area contributed by atoms with Crippen LogP contribution in [-0.4, -0.2) is 23.9 Å². The Morgan fingerprint density at radius 1 is 1.38 bits per heavy atom. The molecule has 2 amide bonds. The molecule has 1 fully saturated rings. The lowest BCUT2D eigenvalue weighted by Crippen LogP contribution is -2.28. The van der Waals surface area contributed by atoms with Crippen molar-refractivity contribution in [1.82, 2.24) is 5.32 Å². The highest BCUT2D eigenvalue weighted by Crippen LogP contribution is 2.10. The van der Waals surface area contributed by atoms with Gasteiger partial charge in [-0.3, -0.25) is 14.9 Å². The van der Waals surface area contributed by atoms with Gasteiger partial charge in [-0.25, -0.2) is 4.79 Å². The topological polar surface area (TPSA) is 72.5 Å². The third kappa shape index (κ3) is 2.08. The molecule has 0 saturated carbocycles. The van der Waals surface area contributed by atoms with Crippen molar-refractivity contribution in [3.05, 3.63) is 35.9 Å². The van der Waals surface area contributed by atoms with Gasteiger partial charge in [-0.05, 0) is 18.2 Å². The van der Waals surface area contributed by atoms with Gasteiger partial charge in [-0.15, -0.1) is 0 Å². The van der Waals surface area contributed by atoms with Crippen molar-refractivity contribution in [3.8, 4) is 0 Å². The Labute approximate surface area is 91.4 Å². The predicted molar refractivity (Wildman–Crippen MR) is 52.2 cm³/mol. The maximum Gasteiger partial charge on any atom is 0.338 e. The van der Waals surface area contributed by atoms with Crippen molar-refractivity contribution in [2.75, 3.05) is 0 Å². The Balaban J connectivity index is 2.03. The number of esters is 1. The molecule has 5 heteroatoms. The highest BCUT2D eigenvalue weighted by atomic mass is 16.5. The van der Waals surface area contributed by atoms with E-state index in [9.17, 15) is 14.4 Å². The average Bonchev–Trinajstić information content (AvgIpc) is 2.59. The van der Waals surface area contributed by atoms with Crippen LogP contribution in [0.4, 0.5) is 0 Å². The van der Waals surface area contributed by atoms with Crippen LogP contribution < -0.4 is 5.32 Å². The van der Waals surface area contributed by atoms with E-state index in [-0.39, 0.29) is 6.42 Å². The molecular formula is C11H8NO4. The molecule has 1 heterocycles. The van der Waals surface area contributed by atoms with E-state index in [0.29, 0.717) is 5.56 Å². The third-order valence-electron chi connectivity index (χ3n) is 2.13. The van der Waals surface area contributed by atoms with Crippen molar-refractivity contribution >= 4 is 17.8 Å². The molecule has 16 heavy (non-hydrogen) atoms. The van der Waals surface area contributed by atoms with E-state index >= 15 is 0 Å². The highest BCUT2D eigenvalue weighted by Gasteiger charge is 2.33. The summed E-state index contributed by atoms with van der Waals surface area (Å²) in [7, 11) is 0. The second-order valence-electron chi connectivity index (χ2n) is 3.30. The van der Waals surface area contributed by atoms with Gasteiger partial charge in [0.25, 0.3) is 5.91 Å². The predicted octanol–water partition coefficient (Wildman–Crippen LogP) is 0.0587. The summed E-state index contributed by atoms with van der Waals surface area (Å²) in [5.41, 5.74) is 0.325. The molecule has 0 aliphatic carbocycles. The zero-order valence-electron chi connectivity index (χ0n) is 8.23. The Kier molecular flexibility index (Phi) is 2.68. The first-order valence-corrected chi connectivity index (χ1v) is 4.67. The maximum atomic E-state index is 11.5. The van der Waals surface area contributed by atoms with Gasteiger partial charge in [0.1, 0.15) is 0 Å². The molecule has 5 nitrogen and oxygen atoms in total. The van der Waals surface area contributed by atoms with Gasteiger partial charge in [0.15, 0.2) is 6.10 Å². The largest absolute Gasteiger partial charge is 0.448 e. The van der Waals surface area contributed by atoms with E-state index in [0.717, 1.165) is 0 Å². The summed E-state index contributed by atoms with van der Waals surface area (Å²) in [5.74, 6) is -1.62. The van der Waals surface area contributed by atoms with Crippen molar-refractivity contribution < 1.29 is 19.1 Å². The van der Waals surface area contributed by atoms with Crippen LogP contribution in [0.1, 0.15) is 16.8 Å². The standard InChI is InChI=1S/C11H8NO4/c13-9-6-8(10(14)12-9)16-11(15)7-4-2-1-3-5-7/h2-5,8H,6H2,(H,12,13,14). The van der Waals surface area contributed by atoms with Crippen molar-refractivity contribution in [3.63, 3.8) is 0 Å². The van der Waals surface area contributed by atoms with Crippen LogP contribution in [0.3, 0.4) is 0 Å². The van der Waals surface area contributed by atoms with Gasteiger partial charge >= 0.3 is 5.97 Å². The molecule has 81 valence electrons. The van der Waals surface area contributed by atoms with Crippen LogP contribution in [0.25, 0.3) is 0 Å². The van der Waals surface area contributed by atoms with Crippen LogP contribution >= 0.6 is 0 Å². The maximum absolute atomic E-state index is 11.5. The zero-order chi connectivity index (χ0) is 11.5. The molecule has 1 saturated heterocycles. The molecule has 1 aliphatic rings. The lowest BCUT2D eigenvalue weighted by atomic mass is 10.2. The number of hydrogen-bond donors (Lipinski definition) is 1. The van der Waals surface area contributed by atoms with Crippen LogP contribution in [0, 0.1) is 6.07 Å². The molecule has 1 N–H and O–H groups in total. The van der Waals surface area contributed by atoms with Crippen molar-refractivity contribution in [2.45, 2.75) is 12.5 Å². The number of carbonyl (C=O) groups is 3. The molecule has 1 aliphatic heterocycles. The lowest BCUT2D eigenvalue weighted by molar-refractivity contribution is -0.128. The van der Waals surface area contributed by atoms with Crippen LogP contribution in [-0.2, 0) is 14.3 Å². The van der Waals surface area contributed by atoms with E-state index in [1.54, 1.807) is 12.1 Å². The summed E-state index contributed by atoms with van der Waals surface area (Å²) in [6, 6.07) is 8.94. The molecule has 0 aromatic heterocycles. The normalized spacial score (nSPS) is 19.4. The number of ether oxygens (including phenoxy) is 1. The summed E-state index contributed by atoms with van der Waals surface area (Å²) in [6.07, 6.45) is -1.12. The second kappa shape index (κ2) is 4.14. The van der Waals surface area contributed by atoms with Gasteiger partial charge in [-0.2, -0.15) is 0 Å². The molecular weight excluding hydrogens is 210 g/mol. The number of benzene rings is 1. The lowest BCUT2D eigenvalue weighted by Gasteiger charge is -2.07. The van der Waals surface area contributed by atoms with Crippen LogP contribution in [0.5, 0.6) is 0 Å². The summed E-state index contributed by atoms with van der Waals surface area (Å²) < 4.78 is 4.89. The monoisotopic (exact) mass is 218 g/mol. The van der Waals surface area contributed by atoms with Crippen LogP contribution in [0.15, 0.2) is 24.3 Å². The zero-order valence-corrected chi connectivity index (χ0v) is 8.23. The third-order valence-corrected chi connectivity index (χ3v) is 2.13. The van der Waals surface area contributed by atoms with Gasteiger partial charge in [0.05, 0.1) is 12.0 Å². The Bertz CT molecular complexity index is 441. The van der Waals surface area contributed by atoms with Crippen molar-refractivity contribution in [1.29, 1.82) is 0 Å². The van der Waals surface area contributed by atoms with E-state index in [4.69, 9.17) is 4.74 Å². The Morgan fingerprint density at radius 2 is 2.06 bits per heavy atom. The molecule has 0 spiro atoms. The van der Waals surface area contributed by atoms with Gasteiger partial charge in [0.2, 0.25) is 5.91 Å². The summed E-state index contributed by atoms with van der Waals surface area (Å²) in [5, 5.41) is 2.06. The minimum Gasteiger partial charge on any atom is -0.448 e. The first-order chi connectivity index (χ1) is 7.66. The molecule has 1 aromatic rings. The molecule has 2 rings (SSSR count). The van der Waals surface area contributed by atoms with Crippen molar-refractivity contribution in [2.24, 2.45) is 0 Å². The fourth-order valence-corrected chi connectivity index (χ4v) is 1.35. The van der Waals surface area contributed by atoms with E-state index in [2.05, 4.69) is 11.4 Å². The van der Waals surface area contributed by atoms with Crippen LogP contribution in [0.2, 0.25) is 0 Å². The molecule has 1 aromatic carbocycles. The van der Waals surface area contributed by atoms with E-state index in [1.807, 2.05) is 0 Å². The summed E-state index contributed by atoms with van der Waals surface area (Å²) in [4.78, 5) is 33.5. The number of carbonyl (C=O) groups excluding carboxylic acids is 3. The van der Waals surface area contributed by atoms with Gasteiger partial charge in [-0.1, -0.05) is 12.1 Å². The number of rotatable bonds is 2. The minimum atomic E-state index is -1.01. The van der Waals surface area contributed by atoms with E-state index in [1.165, 1.54) is 12.1 Å². The van der Waals surface area contributed by atoms with Gasteiger partial charge in [0, 0.05) is 0 Å². The quantitative estimate of drug-likeness (QED) is 0.562. The molecule has 1 unspecified atom stereocenters. The average molecular weight is 218 g/mol. The smallest absolute Gasteiger partial charge is 0.338 e. The summed E-state index contributed by atoms with van der Waals surface area (Å²) >= 11 is 0. The number of amides is 2. The fraction of sp³-hybridized carbons (Fsp3) is 0.182. The molecule has 1 radical (unpaired) electrons. The first kappa shape index (κ1) is 10.4. The minimum absolute atomic E-state index is 0.108. The van der Waals surface area contributed by atoms with Gasteiger partial charge < -0.3 is 4.74 Å². The number of nitrogens with one attached hydrogen (secondary N) is 1. The molecule has 1 atom stereocenters. The number of imide groups is 1. The first-order valence-electron chi connectivity index (χ1n) is 4.67. The Hall–Kier alpha value is -2.17.